The van der Waals surface area contributed by atoms with Crippen molar-refractivity contribution in [1.29, 1.82) is 0 Å². The molecule has 1 heterocycles. The predicted octanol–water partition coefficient (Wildman–Crippen LogP) is 3.61. The van der Waals surface area contributed by atoms with Crippen LogP contribution < -0.4 is 14.8 Å². The molecule has 162 valence electrons. The fraction of sp³-hybridized carbons (Fsp3) is 0.227. The number of benzene rings is 2. The SMILES string of the molecule is Cc1cc(C)nc(NS(=O)(=O)c2ccc(NC(=O)[C@@H](C)Oc3ccccc3C)cc2)n1. The van der Waals surface area contributed by atoms with Gasteiger partial charge in [-0.05, 0) is 69.7 Å². The van der Waals surface area contributed by atoms with Gasteiger partial charge in [-0.25, -0.2) is 23.1 Å². The zero-order chi connectivity index (χ0) is 22.6. The van der Waals surface area contributed by atoms with Gasteiger partial charge < -0.3 is 10.1 Å². The van der Waals surface area contributed by atoms with Crippen LogP contribution in [0.25, 0.3) is 0 Å². The van der Waals surface area contributed by atoms with Crippen molar-refractivity contribution in [2.45, 2.75) is 38.7 Å². The second kappa shape index (κ2) is 9.13. The molecule has 0 unspecified atom stereocenters. The van der Waals surface area contributed by atoms with Crippen LogP contribution in [0.2, 0.25) is 0 Å². The topological polar surface area (TPSA) is 110 Å². The molecule has 0 aliphatic carbocycles. The number of carbonyl (C=O) groups is 1. The van der Waals surface area contributed by atoms with Gasteiger partial charge in [-0.15, -0.1) is 0 Å². The zero-order valence-corrected chi connectivity index (χ0v) is 18.5. The van der Waals surface area contributed by atoms with Crippen LogP contribution in [0.15, 0.2) is 59.5 Å². The van der Waals surface area contributed by atoms with Crippen molar-refractivity contribution in [3.8, 4) is 5.75 Å². The average Bonchev–Trinajstić information content (AvgIpc) is 2.69. The summed E-state index contributed by atoms with van der Waals surface area (Å²) in [6, 6.07) is 15.0. The van der Waals surface area contributed by atoms with Crippen molar-refractivity contribution >= 4 is 27.6 Å². The maximum atomic E-state index is 12.6. The predicted molar refractivity (Wildman–Crippen MR) is 119 cm³/mol. The molecule has 2 aromatic carbocycles. The smallest absolute Gasteiger partial charge is 0.265 e. The highest BCUT2D eigenvalue weighted by atomic mass is 32.2. The van der Waals surface area contributed by atoms with E-state index in [0.29, 0.717) is 22.8 Å². The summed E-state index contributed by atoms with van der Waals surface area (Å²) in [5.74, 6) is 0.295. The first-order valence-corrected chi connectivity index (χ1v) is 11.1. The minimum absolute atomic E-state index is 0.0112. The Kier molecular flexibility index (Phi) is 6.55. The maximum Gasteiger partial charge on any atom is 0.265 e. The molecule has 3 aromatic rings. The monoisotopic (exact) mass is 440 g/mol. The highest BCUT2D eigenvalue weighted by Gasteiger charge is 2.18. The molecule has 0 aliphatic heterocycles. The number of aromatic nitrogens is 2. The number of nitrogens with zero attached hydrogens (tertiary/aromatic N) is 2. The Bertz CT molecular complexity index is 1170. The second-order valence-electron chi connectivity index (χ2n) is 7.12. The molecule has 1 amide bonds. The van der Waals surface area contributed by atoms with E-state index in [0.717, 1.165) is 5.56 Å². The molecular formula is C22H24N4O4S. The van der Waals surface area contributed by atoms with Crippen LogP contribution in [-0.2, 0) is 14.8 Å². The Labute approximate surface area is 181 Å². The minimum atomic E-state index is -3.87. The van der Waals surface area contributed by atoms with E-state index < -0.39 is 16.1 Å². The molecule has 0 saturated carbocycles. The van der Waals surface area contributed by atoms with Gasteiger partial charge in [0.25, 0.3) is 15.9 Å². The number of sulfonamides is 1. The quantitative estimate of drug-likeness (QED) is 0.581. The number of hydrogen-bond acceptors (Lipinski definition) is 6. The molecule has 0 radical (unpaired) electrons. The van der Waals surface area contributed by atoms with Gasteiger partial charge in [-0.2, -0.15) is 0 Å². The Morgan fingerprint density at radius 3 is 2.19 bits per heavy atom. The largest absolute Gasteiger partial charge is 0.481 e. The number of nitrogens with one attached hydrogen (secondary N) is 2. The standard InChI is InChI=1S/C22H24N4O4S/c1-14-7-5-6-8-20(14)30-17(4)21(27)25-18-9-11-19(12-10-18)31(28,29)26-22-23-15(2)13-16(3)24-22/h5-13,17H,1-4H3,(H,25,27)(H,23,24,26)/t17-/m1/s1. The van der Waals surface area contributed by atoms with Crippen LogP contribution in [-0.4, -0.2) is 30.4 Å². The molecule has 0 spiro atoms. The Morgan fingerprint density at radius 1 is 0.968 bits per heavy atom. The first-order chi connectivity index (χ1) is 14.6. The van der Waals surface area contributed by atoms with Crippen LogP contribution in [0.3, 0.4) is 0 Å². The number of anilines is 2. The van der Waals surface area contributed by atoms with Crippen LogP contribution >= 0.6 is 0 Å². The van der Waals surface area contributed by atoms with E-state index in [2.05, 4.69) is 20.0 Å². The molecule has 1 atom stereocenters. The maximum absolute atomic E-state index is 12.6. The third kappa shape index (κ3) is 5.79. The van der Waals surface area contributed by atoms with Gasteiger partial charge in [-0.1, -0.05) is 18.2 Å². The van der Waals surface area contributed by atoms with Crippen LogP contribution in [0.5, 0.6) is 5.75 Å². The molecule has 0 fully saturated rings. The number of carbonyl (C=O) groups excluding carboxylic acids is 1. The Morgan fingerprint density at radius 2 is 1.58 bits per heavy atom. The molecule has 31 heavy (non-hydrogen) atoms. The van der Waals surface area contributed by atoms with E-state index in [1.165, 1.54) is 24.3 Å². The van der Waals surface area contributed by atoms with Gasteiger partial charge in [0, 0.05) is 17.1 Å². The van der Waals surface area contributed by atoms with Gasteiger partial charge in [0.2, 0.25) is 5.95 Å². The van der Waals surface area contributed by atoms with Crippen LogP contribution in [0.1, 0.15) is 23.9 Å². The lowest BCUT2D eigenvalue weighted by Crippen LogP contribution is -2.30. The third-order valence-corrected chi connectivity index (χ3v) is 5.75. The number of aryl methyl sites for hydroxylation is 3. The number of hydrogen-bond donors (Lipinski definition) is 2. The Balaban J connectivity index is 1.66. The molecule has 0 aliphatic rings. The van der Waals surface area contributed by atoms with Crippen molar-refractivity contribution in [3.63, 3.8) is 0 Å². The normalized spacial score (nSPS) is 12.1. The molecule has 3 rings (SSSR count). The summed E-state index contributed by atoms with van der Waals surface area (Å²) >= 11 is 0. The molecule has 0 bridgehead atoms. The molecule has 9 heteroatoms. The Hall–Kier alpha value is -3.46. The minimum Gasteiger partial charge on any atom is -0.481 e. The van der Waals surface area contributed by atoms with Gasteiger partial charge >= 0.3 is 0 Å². The number of amides is 1. The van der Waals surface area contributed by atoms with E-state index in [4.69, 9.17) is 4.74 Å². The van der Waals surface area contributed by atoms with E-state index in [1.54, 1.807) is 32.9 Å². The molecule has 1 aromatic heterocycles. The molecule has 0 saturated heterocycles. The summed E-state index contributed by atoms with van der Waals surface area (Å²) in [7, 11) is -3.87. The lowest BCUT2D eigenvalue weighted by molar-refractivity contribution is -0.122. The summed E-state index contributed by atoms with van der Waals surface area (Å²) in [4.78, 5) is 20.6. The van der Waals surface area contributed by atoms with E-state index in [1.807, 2.05) is 25.1 Å². The highest BCUT2D eigenvalue weighted by Crippen LogP contribution is 2.20. The first kappa shape index (κ1) is 22.2. The number of ether oxygens (including phenoxy) is 1. The molecular weight excluding hydrogens is 416 g/mol. The molecule has 2 N–H and O–H groups in total. The highest BCUT2D eigenvalue weighted by molar-refractivity contribution is 7.92. The first-order valence-electron chi connectivity index (χ1n) is 9.62. The van der Waals surface area contributed by atoms with Crippen LogP contribution in [0, 0.1) is 20.8 Å². The second-order valence-corrected chi connectivity index (χ2v) is 8.80. The summed E-state index contributed by atoms with van der Waals surface area (Å²) in [6.45, 7) is 7.06. The zero-order valence-electron chi connectivity index (χ0n) is 17.7. The molecule has 8 nitrogen and oxygen atoms in total. The summed E-state index contributed by atoms with van der Waals surface area (Å²) < 4.78 is 33.3. The van der Waals surface area contributed by atoms with Gasteiger partial charge in [0.15, 0.2) is 6.10 Å². The van der Waals surface area contributed by atoms with Crippen molar-refractivity contribution in [3.05, 3.63) is 71.5 Å². The van der Waals surface area contributed by atoms with Gasteiger partial charge in [0.1, 0.15) is 5.75 Å². The number of rotatable bonds is 7. The fourth-order valence-electron chi connectivity index (χ4n) is 2.84. The van der Waals surface area contributed by atoms with Crippen molar-refractivity contribution < 1.29 is 17.9 Å². The summed E-state index contributed by atoms with van der Waals surface area (Å²) in [6.07, 6.45) is -0.729. The van der Waals surface area contributed by atoms with Crippen molar-refractivity contribution in [1.82, 2.24) is 9.97 Å². The summed E-state index contributed by atoms with van der Waals surface area (Å²) in [5.41, 5.74) is 2.69. The van der Waals surface area contributed by atoms with Crippen molar-refractivity contribution in [2.24, 2.45) is 0 Å². The number of para-hydroxylation sites is 1. The van der Waals surface area contributed by atoms with E-state index in [9.17, 15) is 13.2 Å². The lowest BCUT2D eigenvalue weighted by Gasteiger charge is -2.16. The average molecular weight is 441 g/mol. The third-order valence-electron chi connectivity index (χ3n) is 4.41. The summed E-state index contributed by atoms with van der Waals surface area (Å²) in [5, 5.41) is 2.72. The van der Waals surface area contributed by atoms with Crippen molar-refractivity contribution in [2.75, 3.05) is 10.0 Å². The van der Waals surface area contributed by atoms with E-state index >= 15 is 0 Å². The van der Waals surface area contributed by atoms with E-state index in [-0.39, 0.29) is 16.8 Å². The van der Waals surface area contributed by atoms with Gasteiger partial charge in [-0.3, -0.25) is 4.79 Å². The van der Waals surface area contributed by atoms with Crippen LogP contribution in [0.4, 0.5) is 11.6 Å². The lowest BCUT2D eigenvalue weighted by atomic mass is 10.2. The fourth-order valence-corrected chi connectivity index (χ4v) is 3.79. The van der Waals surface area contributed by atoms with Gasteiger partial charge in [0.05, 0.1) is 4.90 Å².